The van der Waals surface area contributed by atoms with Gasteiger partial charge < -0.3 is 19.7 Å². The van der Waals surface area contributed by atoms with Crippen LogP contribution in [0.3, 0.4) is 0 Å². The number of rotatable bonds is 5. The van der Waals surface area contributed by atoms with Crippen LogP contribution in [0.2, 0.25) is 0 Å². The summed E-state index contributed by atoms with van der Waals surface area (Å²) in [6.45, 7) is 6.65. The lowest BCUT2D eigenvalue weighted by Gasteiger charge is -2.37. The van der Waals surface area contributed by atoms with Gasteiger partial charge in [0.05, 0.1) is 18.8 Å². The van der Waals surface area contributed by atoms with E-state index >= 15 is 0 Å². The molecule has 8 heteroatoms. The van der Waals surface area contributed by atoms with Gasteiger partial charge in [0, 0.05) is 38.2 Å². The highest BCUT2D eigenvalue weighted by atomic mass is 127. The van der Waals surface area contributed by atoms with Crippen molar-refractivity contribution in [1.82, 2.24) is 15.1 Å². The summed E-state index contributed by atoms with van der Waals surface area (Å²) in [5.74, 6) is 0.988. The molecule has 3 atom stereocenters. The topological polar surface area (TPSA) is 49.3 Å². The van der Waals surface area contributed by atoms with E-state index in [1.165, 1.54) is 30.8 Å². The highest BCUT2D eigenvalue weighted by Gasteiger charge is 2.32. The zero-order valence-corrected chi connectivity index (χ0v) is 19.9. The molecule has 3 aliphatic heterocycles. The summed E-state index contributed by atoms with van der Waals surface area (Å²) in [4.78, 5) is 11.0. The second-order valence-electron chi connectivity index (χ2n) is 7.61. The fourth-order valence-electron chi connectivity index (χ4n) is 4.45. The molecular weight excluding hydrogens is 487 g/mol. The normalized spacial score (nSPS) is 27.6. The van der Waals surface area contributed by atoms with Crippen molar-refractivity contribution in [3.63, 3.8) is 0 Å². The molecule has 158 valence electrons. The monoisotopic (exact) mass is 520 g/mol. The third kappa shape index (κ3) is 5.38. The van der Waals surface area contributed by atoms with Gasteiger partial charge in [-0.05, 0) is 50.2 Å². The Morgan fingerprint density at radius 3 is 2.71 bits per heavy atom. The number of morpholine rings is 1. The Labute approximate surface area is 189 Å². The van der Waals surface area contributed by atoms with Crippen LogP contribution in [-0.4, -0.2) is 81.0 Å². The standard InChI is InChI=1S/C20H32N4O2S.HI/c1-21-20(24-10-12-26-18(15-24)17-6-4-11-25-17)22-14-16(19-7-5-13-27-19)23-8-2-3-9-23;/h5,7,13,16-18H,2-4,6,8-12,14-15H2,1H3,(H,21,22);1H. The SMILES string of the molecule is CN=C(NCC(c1cccs1)N1CCCC1)N1CCOC(C2CCCO2)C1.I. The molecule has 0 amide bonds. The van der Waals surface area contributed by atoms with Gasteiger partial charge in [-0.25, -0.2) is 0 Å². The first-order chi connectivity index (χ1) is 13.3. The molecule has 0 bridgehead atoms. The van der Waals surface area contributed by atoms with Gasteiger partial charge in [-0.15, -0.1) is 35.3 Å². The number of guanidine groups is 1. The highest BCUT2D eigenvalue weighted by molar-refractivity contribution is 14.0. The Hall–Kier alpha value is -0.420. The zero-order valence-electron chi connectivity index (χ0n) is 16.7. The minimum Gasteiger partial charge on any atom is -0.375 e. The molecule has 3 saturated heterocycles. The molecule has 4 rings (SSSR count). The van der Waals surface area contributed by atoms with Crippen LogP contribution < -0.4 is 5.32 Å². The Kier molecular flexibility index (Phi) is 8.83. The predicted molar refractivity (Wildman–Crippen MR) is 125 cm³/mol. The molecule has 0 spiro atoms. The second kappa shape index (κ2) is 11.1. The summed E-state index contributed by atoms with van der Waals surface area (Å²) in [7, 11) is 1.88. The van der Waals surface area contributed by atoms with Gasteiger partial charge in [-0.1, -0.05) is 6.07 Å². The second-order valence-corrected chi connectivity index (χ2v) is 8.59. The number of likely N-dealkylation sites (tertiary alicyclic amines) is 1. The minimum atomic E-state index is 0. The molecule has 1 aromatic heterocycles. The molecule has 1 aromatic rings. The van der Waals surface area contributed by atoms with E-state index in [9.17, 15) is 0 Å². The average molecular weight is 520 g/mol. The molecule has 28 heavy (non-hydrogen) atoms. The van der Waals surface area contributed by atoms with Gasteiger partial charge in [0.2, 0.25) is 0 Å². The van der Waals surface area contributed by atoms with E-state index in [-0.39, 0.29) is 36.2 Å². The van der Waals surface area contributed by atoms with E-state index < -0.39 is 0 Å². The van der Waals surface area contributed by atoms with Crippen molar-refractivity contribution in [2.24, 2.45) is 4.99 Å². The Bertz CT molecular complexity index is 603. The van der Waals surface area contributed by atoms with Gasteiger partial charge in [-0.3, -0.25) is 9.89 Å². The molecule has 0 radical (unpaired) electrons. The Balaban J connectivity index is 0.00000225. The lowest BCUT2D eigenvalue weighted by molar-refractivity contribution is -0.0817. The number of nitrogens with zero attached hydrogens (tertiary/aromatic N) is 3. The van der Waals surface area contributed by atoms with Crippen molar-refractivity contribution in [3.05, 3.63) is 22.4 Å². The van der Waals surface area contributed by atoms with Crippen molar-refractivity contribution in [2.75, 3.05) is 53.0 Å². The fraction of sp³-hybridized carbons (Fsp3) is 0.750. The summed E-state index contributed by atoms with van der Waals surface area (Å²) in [6, 6.07) is 4.85. The average Bonchev–Trinajstić information content (AvgIpc) is 3.49. The summed E-state index contributed by atoms with van der Waals surface area (Å²) in [5.41, 5.74) is 0. The van der Waals surface area contributed by atoms with Crippen LogP contribution in [0.4, 0.5) is 0 Å². The predicted octanol–water partition coefficient (Wildman–Crippen LogP) is 2.96. The lowest BCUT2D eigenvalue weighted by Crippen LogP contribution is -2.54. The van der Waals surface area contributed by atoms with Crippen LogP contribution in [0.1, 0.15) is 36.6 Å². The molecule has 4 heterocycles. The van der Waals surface area contributed by atoms with Gasteiger partial charge in [0.25, 0.3) is 0 Å². The van der Waals surface area contributed by atoms with Crippen LogP contribution in [-0.2, 0) is 9.47 Å². The van der Waals surface area contributed by atoms with Crippen molar-refractivity contribution < 1.29 is 9.47 Å². The maximum absolute atomic E-state index is 6.00. The third-order valence-corrected chi connectivity index (χ3v) is 6.86. The summed E-state index contributed by atoms with van der Waals surface area (Å²) in [6.07, 6.45) is 5.28. The van der Waals surface area contributed by atoms with E-state index in [0.717, 1.165) is 51.6 Å². The molecule has 3 aliphatic rings. The van der Waals surface area contributed by atoms with Crippen LogP contribution in [0, 0.1) is 0 Å². The molecule has 0 aromatic carbocycles. The minimum absolute atomic E-state index is 0. The van der Waals surface area contributed by atoms with Crippen molar-refractivity contribution in [3.8, 4) is 0 Å². The first-order valence-corrected chi connectivity index (χ1v) is 11.2. The van der Waals surface area contributed by atoms with Gasteiger partial charge >= 0.3 is 0 Å². The number of hydrogen-bond acceptors (Lipinski definition) is 5. The number of nitrogens with one attached hydrogen (secondary N) is 1. The number of halogens is 1. The van der Waals surface area contributed by atoms with Crippen molar-refractivity contribution >= 4 is 41.3 Å². The molecule has 1 N–H and O–H groups in total. The largest absolute Gasteiger partial charge is 0.375 e. The highest BCUT2D eigenvalue weighted by Crippen LogP contribution is 2.28. The smallest absolute Gasteiger partial charge is 0.193 e. The molecule has 0 aliphatic carbocycles. The van der Waals surface area contributed by atoms with Crippen LogP contribution in [0.25, 0.3) is 0 Å². The van der Waals surface area contributed by atoms with Gasteiger partial charge in [-0.2, -0.15) is 0 Å². The number of thiophene rings is 1. The first-order valence-electron chi connectivity index (χ1n) is 10.3. The van der Waals surface area contributed by atoms with Crippen LogP contribution in [0.15, 0.2) is 22.5 Å². The quantitative estimate of drug-likeness (QED) is 0.368. The number of ether oxygens (including phenoxy) is 2. The van der Waals surface area contributed by atoms with Gasteiger partial charge in [0.15, 0.2) is 5.96 Å². The molecule has 6 nitrogen and oxygen atoms in total. The third-order valence-electron chi connectivity index (χ3n) is 5.89. The fourth-order valence-corrected chi connectivity index (χ4v) is 5.31. The molecular formula is C20H33IN4O2S. The summed E-state index contributed by atoms with van der Waals surface area (Å²) >= 11 is 1.86. The Morgan fingerprint density at radius 1 is 1.21 bits per heavy atom. The maximum atomic E-state index is 6.00. The van der Waals surface area contributed by atoms with E-state index in [4.69, 9.17) is 9.47 Å². The molecule has 3 fully saturated rings. The van der Waals surface area contributed by atoms with Crippen LogP contribution >= 0.6 is 35.3 Å². The summed E-state index contributed by atoms with van der Waals surface area (Å²) < 4.78 is 11.8. The number of hydrogen-bond donors (Lipinski definition) is 1. The van der Waals surface area contributed by atoms with Gasteiger partial charge in [0.1, 0.15) is 6.10 Å². The van der Waals surface area contributed by atoms with E-state index in [1.54, 1.807) is 0 Å². The maximum Gasteiger partial charge on any atom is 0.193 e. The van der Waals surface area contributed by atoms with E-state index in [1.807, 2.05) is 18.4 Å². The van der Waals surface area contributed by atoms with E-state index in [0.29, 0.717) is 6.04 Å². The van der Waals surface area contributed by atoms with Crippen molar-refractivity contribution in [2.45, 2.75) is 43.9 Å². The van der Waals surface area contributed by atoms with E-state index in [2.05, 4.69) is 37.6 Å². The lowest BCUT2D eigenvalue weighted by atomic mass is 10.1. The Morgan fingerprint density at radius 2 is 2.04 bits per heavy atom. The summed E-state index contributed by atoms with van der Waals surface area (Å²) in [5, 5.41) is 5.84. The van der Waals surface area contributed by atoms with Crippen LogP contribution in [0.5, 0.6) is 0 Å². The molecule has 0 saturated carbocycles. The first kappa shape index (κ1) is 22.3. The number of aliphatic imine (C=N–C) groups is 1. The van der Waals surface area contributed by atoms with Crippen molar-refractivity contribution in [1.29, 1.82) is 0 Å². The molecule has 3 unspecified atom stereocenters. The zero-order chi connectivity index (χ0) is 18.5.